The number of methoxy groups -OCH3 is 1. The summed E-state index contributed by atoms with van der Waals surface area (Å²) < 4.78 is 45.3. The minimum atomic E-state index is -4.60. The van der Waals surface area contributed by atoms with Crippen molar-refractivity contribution in [2.75, 3.05) is 13.7 Å². The molecule has 2 aliphatic carbocycles. The topological polar surface area (TPSA) is 142 Å². The number of aliphatic imine (C=N–C) groups is 1. The third-order valence-corrected chi connectivity index (χ3v) is 12.6. The number of carbonyl (C=O) groups excluding carboxylic acids is 3. The second-order valence-corrected chi connectivity index (χ2v) is 16.4. The Labute approximate surface area is 341 Å². The zero-order chi connectivity index (χ0) is 41.4. The van der Waals surface area contributed by atoms with E-state index in [2.05, 4.69) is 62.0 Å². The third-order valence-electron chi connectivity index (χ3n) is 12.6. The van der Waals surface area contributed by atoms with Gasteiger partial charge in [0.05, 0.1) is 25.0 Å². The van der Waals surface area contributed by atoms with Crippen LogP contribution >= 0.6 is 0 Å². The number of benzene rings is 2. The second-order valence-electron chi connectivity index (χ2n) is 16.4. The van der Waals surface area contributed by atoms with Crippen molar-refractivity contribution in [3.05, 3.63) is 102 Å². The van der Waals surface area contributed by atoms with Crippen molar-refractivity contribution < 1.29 is 32.3 Å². The number of H-pyrrole nitrogens is 1. The van der Waals surface area contributed by atoms with E-state index < -0.39 is 24.0 Å². The Hall–Kier alpha value is -5.79. The van der Waals surface area contributed by atoms with E-state index in [-0.39, 0.29) is 53.6 Å². The summed E-state index contributed by atoms with van der Waals surface area (Å²) >= 11 is 0. The van der Waals surface area contributed by atoms with E-state index in [0.717, 1.165) is 77.5 Å². The van der Waals surface area contributed by atoms with Gasteiger partial charge in [-0.05, 0) is 83.8 Å². The van der Waals surface area contributed by atoms with E-state index >= 15 is 0 Å². The fourth-order valence-corrected chi connectivity index (χ4v) is 9.68. The number of imidazole rings is 1. The molecule has 2 bridgehead atoms. The minimum Gasteiger partial charge on any atom is -0.453 e. The number of nitrogens with one attached hydrogen (secondary N) is 3. The first-order chi connectivity index (χ1) is 28.4. The van der Waals surface area contributed by atoms with Crippen molar-refractivity contribution in [3.63, 3.8) is 0 Å². The highest BCUT2D eigenvalue weighted by Gasteiger charge is 2.53. The van der Waals surface area contributed by atoms with Crippen LogP contribution < -0.4 is 10.6 Å². The van der Waals surface area contributed by atoms with E-state index in [0.29, 0.717) is 24.7 Å². The molecule has 2 aromatic carbocycles. The largest absolute Gasteiger partial charge is 0.453 e. The summed E-state index contributed by atoms with van der Waals surface area (Å²) in [5, 5.41) is 5.50. The van der Waals surface area contributed by atoms with E-state index in [9.17, 15) is 27.6 Å². The monoisotopic (exact) mass is 807 g/mol. The summed E-state index contributed by atoms with van der Waals surface area (Å²) in [4.78, 5) is 57.4. The van der Waals surface area contributed by atoms with Crippen molar-refractivity contribution in [3.8, 4) is 22.4 Å². The summed E-state index contributed by atoms with van der Waals surface area (Å²) in [7, 11) is 1.28. The van der Waals surface area contributed by atoms with Crippen LogP contribution in [0.25, 0.3) is 28.0 Å². The number of hydrogen-bond acceptors (Lipinski definition) is 7. The van der Waals surface area contributed by atoms with Gasteiger partial charge in [0, 0.05) is 55.0 Å². The van der Waals surface area contributed by atoms with Crippen LogP contribution in [-0.2, 0) is 27.0 Å². The Bertz CT molecular complexity index is 2270. The van der Waals surface area contributed by atoms with E-state index in [1.54, 1.807) is 11.1 Å². The van der Waals surface area contributed by atoms with Crippen LogP contribution in [0.5, 0.6) is 0 Å². The molecule has 4 heterocycles. The number of carbonyl (C=O) groups is 3. The molecule has 8 rings (SSSR count). The van der Waals surface area contributed by atoms with Gasteiger partial charge < -0.3 is 25.3 Å². The fourth-order valence-electron chi connectivity index (χ4n) is 9.68. The van der Waals surface area contributed by atoms with E-state index in [4.69, 9.17) is 9.73 Å². The molecule has 3 N–H and O–H groups in total. The maximum absolute atomic E-state index is 13.6. The van der Waals surface area contributed by atoms with Gasteiger partial charge in [-0.1, -0.05) is 68.4 Å². The van der Waals surface area contributed by atoms with Gasteiger partial charge in [-0.15, -0.1) is 0 Å². The molecule has 4 aromatic rings. The first-order valence-corrected chi connectivity index (χ1v) is 20.3. The van der Waals surface area contributed by atoms with E-state index in [1.807, 2.05) is 32.2 Å². The molecule has 3 amide bonds. The van der Waals surface area contributed by atoms with Gasteiger partial charge in [0.1, 0.15) is 17.6 Å². The Balaban J connectivity index is 0.887. The maximum Gasteiger partial charge on any atom is 0.433 e. The summed E-state index contributed by atoms with van der Waals surface area (Å²) in [5.74, 6) is 0.421. The number of allylic oxidation sites excluding steroid dienone is 1. The highest BCUT2D eigenvalue weighted by atomic mass is 19.4. The van der Waals surface area contributed by atoms with Gasteiger partial charge in [-0.25, -0.2) is 9.78 Å². The summed E-state index contributed by atoms with van der Waals surface area (Å²) in [6, 6.07) is 18.5. The predicted octanol–water partition coefficient (Wildman–Crippen LogP) is 8.37. The average Bonchev–Trinajstić information content (AvgIpc) is 4.10. The number of pyridine rings is 1. The molecule has 14 heteroatoms. The number of aromatic nitrogens is 3. The number of hydrogen-bond donors (Lipinski definition) is 3. The first-order valence-electron chi connectivity index (χ1n) is 20.3. The van der Waals surface area contributed by atoms with Crippen molar-refractivity contribution in [2.45, 2.75) is 77.2 Å². The fraction of sp³-hybridized carbons (Fsp3) is 0.422. The second kappa shape index (κ2) is 16.5. The summed E-state index contributed by atoms with van der Waals surface area (Å²) in [5.41, 5.74) is 6.00. The van der Waals surface area contributed by atoms with Crippen LogP contribution in [0.1, 0.15) is 81.1 Å². The van der Waals surface area contributed by atoms with Crippen LogP contribution in [0.15, 0.2) is 84.2 Å². The predicted molar refractivity (Wildman–Crippen MR) is 216 cm³/mol. The summed E-state index contributed by atoms with van der Waals surface area (Å²) in [6.07, 6.45) is 4.71. The number of alkyl carbamates (subject to hydrolysis) is 1. The maximum atomic E-state index is 13.6. The molecule has 1 saturated heterocycles. The van der Waals surface area contributed by atoms with Crippen LogP contribution in [0.2, 0.25) is 0 Å². The first kappa shape index (κ1) is 40.0. The Morgan fingerprint density at radius 2 is 1.63 bits per heavy atom. The molecule has 6 atom stereocenters. The number of halogens is 3. The van der Waals surface area contributed by atoms with Crippen LogP contribution in [0, 0.1) is 29.6 Å². The molecular weight excluding hydrogens is 760 g/mol. The number of alkyl halides is 3. The number of aromatic amines is 1. The van der Waals surface area contributed by atoms with Crippen molar-refractivity contribution in [1.29, 1.82) is 0 Å². The molecule has 0 spiro atoms. The SMILES string of the molecule is COC(=O)N[C@H](C(=O)N1CCC[C@H]1c1ncc(-c2ccc(-c3ccc(C4=CN=C([C@H]5C6CCC(C6)[C@@H]5C(=O)NCc5cccnc5C(F)(F)F)C4)cc3)cc2)[nH]1)C(C)C. The molecule has 59 heavy (non-hydrogen) atoms. The number of likely N-dealkylation sites (tertiary alicyclic amines) is 1. The van der Waals surface area contributed by atoms with Crippen LogP contribution in [0.4, 0.5) is 18.0 Å². The molecule has 0 radical (unpaired) electrons. The number of rotatable bonds is 11. The van der Waals surface area contributed by atoms with Crippen molar-refractivity contribution >= 4 is 29.2 Å². The number of fused-ring (bicyclic) bond motifs is 2. The quantitative estimate of drug-likeness (QED) is 0.139. The Morgan fingerprint density at radius 1 is 0.932 bits per heavy atom. The average molecular weight is 808 g/mol. The van der Waals surface area contributed by atoms with Gasteiger partial charge in [0.2, 0.25) is 11.8 Å². The summed E-state index contributed by atoms with van der Waals surface area (Å²) in [6.45, 7) is 4.14. The lowest BCUT2D eigenvalue weighted by Crippen LogP contribution is -2.51. The standard InChI is InChI=1S/C45H48F3N7O4/c1-25(2)39(54-44(58)59-3)43(57)55-19-5-7-36(55)41-51-24-35(53-41)29-14-12-27(13-15-29)26-8-10-28(11-9-26)33-21-34(50-23-33)37-30-16-17-31(20-30)38(37)42(56)52-22-32-6-4-18-49-40(32)45(46,47)48/h4,6,8-15,18,23-25,30-31,36-39H,5,7,16-17,19-22H2,1-3H3,(H,51,53)(H,52,56)(H,54,58)/t30?,31?,36-,37+,38-,39-/m0/s1. The smallest absolute Gasteiger partial charge is 0.433 e. The highest BCUT2D eigenvalue weighted by Crippen LogP contribution is 2.54. The molecular formula is C45H48F3N7O4. The molecule has 4 aliphatic rings. The zero-order valence-corrected chi connectivity index (χ0v) is 33.3. The third kappa shape index (κ3) is 8.13. The number of ether oxygens (including phenoxy) is 1. The van der Waals surface area contributed by atoms with Crippen LogP contribution in [0.3, 0.4) is 0 Å². The van der Waals surface area contributed by atoms with Crippen LogP contribution in [-0.4, -0.2) is 63.2 Å². The molecule has 2 saturated carbocycles. The van der Waals surface area contributed by atoms with Gasteiger partial charge in [-0.3, -0.25) is 19.6 Å². The van der Waals surface area contributed by atoms with Gasteiger partial charge >= 0.3 is 12.3 Å². The van der Waals surface area contributed by atoms with E-state index in [1.165, 1.54) is 19.2 Å². The minimum absolute atomic E-state index is 0.0330. The Kier molecular flexibility index (Phi) is 11.2. The van der Waals surface area contributed by atoms with Crippen molar-refractivity contribution in [1.82, 2.24) is 30.5 Å². The molecule has 3 fully saturated rings. The zero-order valence-electron chi connectivity index (χ0n) is 33.3. The molecule has 2 aliphatic heterocycles. The molecule has 308 valence electrons. The number of nitrogens with zero attached hydrogens (tertiary/aromatic N) is 4. The highest BCUT2D eigenvalue weighted by molar-refractivity contribution is 6.02. The lowest BCUT2D eigenvalue weighted by molar-refractivity contribution is -0.142. The van der Waals surface area contributed by atoms with Gasteiger partial charge in [-0.2, -0.15) is 13.2 Å². The lowest BCUT2D eigenvalue weighted by Gasteiger charge is -2.30. The lowest BCUT2D eigenvalue weighted by atomic mass is 9.75. The van der Waals surface area contributed by atoms with Gasteiger partial charge in [0.15, 0.2) is 0 Å². The molecule has 2 unspecified atom stereocenters. The normalized spacial score (nSPS) is 23.0. The van der Waals surface area contributed by atoms with Gasteiger partial charge in [0.25, 0.3) is 0 Å². The van der Waals surface area contributed by atoms with Crippen molar-refractivity contribution in [2.24, 2.45) is 34.6 Å². The molecule has 11 nitrogen and oxygen atoms in total. The number of amides is 3. The molecule has 2 aromatic heterocycles. The Morgan fingerprint density at radius 3 is 2.32 bits per heavy atom.